The van der Waals surface area contributed by atoms with Crippen LogP contribution in [0, 0.1) is 35.5 Å². The van der Waals surface area contributed by atoms with Crippen molar-refractivity contribution in [2.24, 2.45) is 0 Å². The number of ether oxygens (including phenoxy) is 2. The molecule has 0 aromatic heterocycles. The molecular formula is C26H37Na2O8P. The molecule has 0 aliphatic heterocycles. The van der Waals surface area contributed by atoms with Crippen molar-refractivity contribution >= 4 is 19.8 Å². The average Bonchev–Trinajstić information content (AvgIpc) is 2.80. The molecule has 0 aromatic carbocycles. The Morgan fingerprint density at radius 3 is 1.81 bits per heavy atom. The molecule has 0 aliphatic carbocycles. The molecule has 196 valence electrons. The topological polar surface area (TPSA) is 125 Å². The monoisotopic (exact) mass is 554 g/mol. The van der Waals surface area contributed by atoms with Crippen LogP contribution in [0.15, 0.2) is 0 Å². The van der Waals surface area contributed by atoms with Crippen molar-refractivity contribution < 1.29 is 97.1 Å². The van der Waals surface area contributed by atoms with Crippen LogP contribution in [0.2, 0.25) is 0 Å². The number of phosphoric acid groups is 1. The third-order valence-corrected chi connectivity index (χ3v) is 5.29. The second-order valence-corrected chi connectivity index (χ2v) is 9.12. The standard InChI is InChI=1S/C26H39O8P.2Na/c1-3-5-7-9-10-11-12-13-14-15-17-19-21-26(28)34-24(23-33-35(29,30)31)22-32-25(27)20-18-16-8-6-4-2;;/h24H,3,5,7,9-15,17,19,21-23H2,1-2H3,(H2,29,30,31);;/q;2*+1/p-2/t24-;;/m0../s1. The Kier molecular flexibility index (Phi) is 32.0. The maximum Gasteiger partial charge on any atom is 1.00 e. The second-order valence-electron chi connectivity index (χ2n) is 7.97. The summed E-state index contributed by atoms with van der Waals surface area (Å²) in [5, 5.41) is 0. The van der Waals surface area contributed by atoms with E-state index in [1.165, 1.54) is 51.4 Å². The molecule has 37 heavy (non-hydrogen) atoms. The van der Waals surface area contributed by atoms with Gasteiger partial charge in [-0.3, -0.25) is 4.79 Å². The molecule has 0 aromatic rings. The van der Waals surface area contributed by atoms with Gasteiger partial charge in [0.15, 0.2) is 6.10 Å². The van der Waals surface area contributed by atoms with Crippen molar-refractivity contribution in [1.29, 1.82) is 0 Å². The Morgan fingerprint density at radius 2 is 1.30 bits per heavy atom. The van der Waals surface area contributed by atoms with Gasteiger partial charge in [-0.25, -0.2) is 4.79 Å². The van der Waals surface area contributed by atoms with E-state index in [2.05, 4.69) is 47.0 Å². The van der Waals surface area contributed by atoms with Crippen LogP contribution in [0.25, 0.3) is 0 Å². The summed E-state index contributed by atoms with van der Waals surface area (Å²) in [6, 6.07) is 0. The molecule has 0 fully saturated rings. The van der Waals surface area contributed by atoms with Crippen molar-refractivity contribution in [3.05, 3.63) is 0 Å². The minimum Gasteiger partial charge on any atom is -0.790 e. The van der Waals surface area contributed by atoms with Crippen LogP contribution in [-0.4, -0.2) is 31.3 Å². The van der Waals surface area contributed by atoms with Gasteiger partial charge in [-0.05, 0) is 37.0 Å². The quantitative estimate of drug-likeness (QED) is 0.0426. The van der Waals surface area contributed by atoms with Crippen molar-refractivity contribution in [1.82, 2.24) is 0 Å². The van der Waals surface area contributed by atoms with Gasteiger partial charge in [-0.1, -0.05) is 83.5 Å². The first-order valence-corrected chi connectivity index (χ1v) is 13.7. The first-order valence-electron chi connectivity index (χ1n) is 12.2. The zero-order chi connectivity index (χ0) is 26.2. The molecule has 0 N–H and O–H groups in total. The summed E-state index contributed by atoms with van der Waals surface area (Å²) < 4.78 is 24.9. The predicted octanol–water partition coefficient (Wildman–Crippen LogP) is -2.58. The van der Waals surface area contributed by atoms with Crippen LogP contribution in [-0.2, 0) is 28.2 Å². The molecule has 0 radical (unpaired) electrons. The Bertz CT molecular complexity index is 840. The smallest absolute Gasteiger partial charge is 0.790 e. The first kappa shape index (κ1) is 41.2. The van der Waals surface area contributed by atoms with Gasteiger partial charge >= 0.3 is 71.1 Å². The van der Waals surface area contributed by atoms with Crippen LogP contribution in [0.4, 0.5) is 0 Å². The number of phosphoric ester groups is 1. The Labute approximate surface area is 266 Å². The molecule has 0 heterocycles. The largest absolute Gasteiger partial charge is 1.00 e. The summed E-state index contributed by atoms with van der Waals surface area (Å²) >= 11 is 0. The molecule has 0 saturated carbocycles. The molecule has 1 atom stereocenters. The van der Waals surface area contributed by atoms with Gasteiger partial charge in [-0.2, -0.15) is 0 Å². The van der Waals surface area contributed by atoms with Crippen LogP contribution in [0.5, 0.6) is 0 Å². The maximum absolute atomic E-state index is 12.1. The molecule has 11 heteroatoms. The molecule has 0 rings (SSSR count). The van der Waals surface area contributed by atoms with E-state index in [9.17, 15) is 23.9 Å². The third-order valence-electron chi connectivity index (χ3n) is 4.83. The Morgan fingerprint density at radius 1 is 0.784 bits per heavy atom. The molecule has 0 saturated heterocycles. The van der Waals surface area contributed by atoms with Crippen LogP contribution in [0.1, 0.15) is 97.3 Å². The fourth-order valence-corrected chi connectivity index (χ4v) is 3.41. The van der Waals surface area contributed by atoms with Gasteiger partial charge in [0.25, 0.3) is 0 Å². The van der Waals surface area contributed by atoms with E-state index in [4.69, 9.17) is 9.47 Å². The minimum absolute atomic E-state index is 0. The van der Waals surface area contributed by atoms with E-state index >= 15 is 0 Å². The fraction of sp³-hybridized carbons (Fsp3) is 0.692. The maximum atomic E-state index is 12.1. The number of carbonyl (C=O) groups excluding carboxylic acids is 2. The summed E-state index contributed by atoms with van der Waals surface area (Å²) in [5.41, 5.74) is 0. The van der Waals surface area contributed by atoms with E-state index < -0.39 is 39.1 Å². The second kappa shape index (κ2) is 28.7. The SMILES string of the molecule is CC#CC#CC#CC(=O)OC[C@@H](COP(=O)([O-])[O-])OC(=O)CCCCCCCCCCCCCC.[Na+].[Na+]. The molecule has 0 aliphatic rings. The molecule has 0 unspecified atom stereocenters. The molecule has 0 amide bonds. The van der Waals surface area contributed by atoms with Gasteiger partial charge < -0.3 is 28.3 Å². The van der Waals surface area contributed by atoms with E-state index in [1.807, 2.05) is 0 Å². The van der Waals surface area contributed by atoms with Crippen LogP contribution in [0.3, 0.4) is 0 Å². The van der Waals surface area contributed by atoms with E-state index in [0.29, 0.717) is 6.42 Å². The van der Waals surface area contributed by atoms with Crippen molar-refractivity contribution in [2.45, 2.75) is 103 Å². The zero-order valence-corrected chi connectivity index (χ0v) is 27.8. The predicted molar refractivity (Wildman–Crippen MR) is 129 cm³/mol. The molecule has 0 bridgehead atoms. The summed E-state index contributed by atoms with van der Waals surface area (Å²) in [6.07, 6.45) is 12.7. The number of esters is 2. The van der Waals surface area contributed by atoms with Crippen molar-refractivity contribution in [3.63, 3.8) is 0 Å². The average molecular weight is 555 g/mol. The van der Waals surface area contributed by atoms with Gasteiger partial charge in [0.1, 0.15) is 6.61 Å². The van der Waals surface area contributed by atoms with Gasteiger partial charge in [-0.15, -0.1) is 0 Å². The number of hydrogen-bond acceptors (Lipinski definition) is 8. The first-order chi connectivity index (χ1) is 16.8. The third kappa shape index (κ3) is 31.8. The Hall–Kier alpha value is -0.270. The summed E-state index contributed by atoms with van der Waals surface area (Å²) in [5.74, 6) is 12.5. The van der Waals surface area contributed by atoms with Crippen molar-refractivity contribution in [3.8, 4) is 35.5 Å². The van der Waals surface area contributed by atoms with E-state index in [1.54, 1.807) is 6.92 Å². The zero-order valence-electron chi connectivity index (χ0n) is 22.9. The summed E-state index contributed by atoms with van der Waals surface area (Å²) in [7, 11) is -5.28. The number of hydrogen-bond donors (Lipinski definition) is 0. The summed E-state index contributed by atoms with van der Waals surface area (Å²) in [6.45, 7) is 2.55. The van der Waals surface area contributed by atoms with Crippen LogP contribution < -0.4 is 68.9 Å². The van der Waals surface area contributed by atoms with E-state index in [-0.39, 0.29) is 65.5 Å². The summed E-state index contributed by atoms with van der Waals surface area (Å²) in [4.78, 5) is 45.2. The number of carbonyl (C=O) groups is 2. The van der Waals surface area contributed by atoms with Gasteiger partial charge in [0.05, 0.1) is 14.4 Å². The Balaban J connectivity index is -0.00000578. The fourth-order valence-electron chi connectivity index (χ4n) is 3.06. The van der Waals surface area contributed by atoms with Gasteiger partial charge in [0, 0.05) is 12.3 Å². The van der Waals surface area contributed by atoms with Crippen LogP contribution >= 0.6 is 7.82 Å². The molecular weight excluding hydrogens is 517 g/mol. The molecule has 0 spiro atoms. The van der Waals surface area contributed by atoms with Crippen molar-refractivity contribution in [2.75, 3.05) is 13.2 Å². The van der Waals surface area contributed by atoms with Gasteiger partial charge in [0.2, 0.25) is 0 Å². The van der Waals surface area contributed by atoms with E-state index in [0.717, 1.165) is 19.3 Å². The normalized spacial score (nSPS) is 10.5. The minimum atomic E-state index is -5.28. The number of rotatable bonds is 19. The number of unbranched alkanes of at least 4 members (excludes halogenated alkanes) is 11. The molecule has 8 nitrogen and oxygen atoms in total.